The Labute approximate surface area is 239 Å². The molecule has 0 spiro atoms. The molecule has 0 unspecified atom stereocenters. The van der Waals surface area contributed by atoms with Crippen LogP contribution in [-0.4, -0.2) is 73.8 Å². The van der Waals surface area contributed by atoms with Gasteiger partial charge in [0.15, 0.2) is 5.82 Å². The number of hydrogen-bond acceptors (Lipinski definition) is 7. The summed E-state index contributed by atoms with van der Waals surface area (Å²) >= 11 is 6.54. The quantitative estimate of drug-likeness (QED) is 0.259. The van der Waals surface area contributed by atoms with Crippen molar-refractivity contribution in [2.45, 2.75) is 12.8 Å². The van der Waals surface area contributed by atoms with E-state index in [9.17, 15) is 4.79 Å². The number of morpholine rings is 1. The zero-order chi connectivity index (χ0) is 27.7. The van der Waals surface area contributed by atoms with Crippen LogP contribution in [-0.2, 0) is 9.53 Å². The van der Waals surface area contributed by atoms with Gasteiger partial charge < -0.3 is 19.7 Å². The lowest BCUT2D eigenvalue weighted by molar-refractivity contribution is -0.116. The summed E-state index contributed by atoms with van der Waals surface area (Å²) in [4.78, 5) is 27.5. The molecule has 4 aromatic rings. The Hall–Kier alpha value is -3.72. The van der Waals surface area contributed by atoms with Crippen molar-refractivity contribution >= 4 is 39.9 Å². The van der Waals surface area contributed by atoms with Crippen molar-refractivity contribution in [3.8, 4) is 17.1 Å². The fraction of sp³-hybridized carbons (Fsp3) is 0.323. The third kappa shape index (κ3) is 7.07. The third-order valence-corrected chi connectivity index (χ3v) is 7.32. The van der Waals surface area contributed by atoms with Gasteiger partial charge in [0.2, 0.25) is 5.91 Å². The molecule has 1 aliphatic heterocycles. The highest BCUT2D eigenvalue weighted by Crippen LogP contribution is 2.31. The van der Waals surface area contributed by atoms with Crippen LogP contribution in [0.5, 0.6) is 5.75 Å². The fourth-order valence-electron chi connectivity index (χ4n) is 4.83. The number of aromatic nitrogens is 2. The number of amides is 1. The van der Waals surface area contributed by atoms with Crippen LogP contribution >= 0.6 is 11.6 Å². The lowest BCUT2D eigenvalue weighted by Crippen LogP contribution is -2.38. The first-order valence-corrected chi connectivity index (χ1v) is 14.0. The van der Waals surface area contributed by atoms with Crippen molar-refractivity contribution in [2.75, 3.05) is 63.3 Å². The molecule has 8 nitrogen and oxygen atoms in total. The topological polar surface area (TPSA) is 79.8 Å². The predicted molar refractivity (Wildman–Crippen MR) is 160 cm³/mol. The summed E-state index contributed by atoms with van der Waals surface area (Å²) in [6, 6.07) is 22.9. The number of benzene rings is 3. The molecule has 208 valence electrons. The van der Waals surface area contributed by atoms with Gasteiger partial charge in [-0.05, 0) is 55.0 Å². The van der Waals surface area contributed by atoms with Crippen LogP contribution in [0.25, 0.3) is 22.3 Å². The van der Waals surface area contributed by atoms with Crippen LogP contribution in [0.3, 0.4) is 0 Å². The number of ether oxygens (including phenoxy) is 2. The van der Waals surface area contributed by atoms with Gasteiger partial charge in [-0.2, -0.15) is 0 Å². The Morgan fingerprint density at radius 2 is 1.75 bits per heavy atom. The molecule has 0 aliphatic carbocycles. The highest BCUT2D eigenvalue weighted by atomic mass is 35.5. The lowest BCUT2D eigenvalue weighted by atomic mass is 10.1. The monoisotopic (exact) mass is 559 g/mol. The molecule has 0 radical (unpaired) electrons. The highest BCUT2D eigenvalue weighted by Gasteiger charge is 2.19. The first-order valence-electron chi connectivity index (χ1n) is 13.6. The summed E-state index contributed by atoms with van der Waals surface area (Å²) in [5.74, 6) is 2.06. The minimum absolute atomic E-state index is 0.0620. The zero-order valence-electron chi connectivity index (χ0n) is 22.7. The molecule has 2 heterocycles. The molecule has 40 heavy (non-hydrogen) atoms. The van der Waals surface area contributed by atoms with Gasteiger partial charge >= 0.3 is 0 Å². The average Bonchev–Trinajstić information content (AvgIpc) is 2.99. The van der Waals surface area contributed by atoms with Crippen LogP contribution in [0.4, 0.5) is 11.5 Å². The molecule has 1 saturated heterocycles. The second-order valence-corrected chi connectivity index (χ2v) is 10.1. The number of fused-ring (bicyclic) bond motifs is 1. The second kappa shape index (κ2) is 13.6. The number of halogens is 1. The molecule has 9 heteroatoms. The lowest BCUT2D eigenvalue weighted by Gasteiger charge is -2.29. The Morgan fingerprint density at radius 1 is 1.00 bits per heavy atom. The summed E-state index contributed by atoms with van der Waals surface area (Å²) in [7, 11) is 1.62. The van der Waals surface area contributed by atoms with Gasteiger partial charge in [0.25, 0.3) is 0 Å². The van der Waals surface area contributed by atoms with Gasteiger partial charge in [0.1, 0.15) is 11.6 Å². The van der Waals surface area contributed by atoms with E-state index in [1.165, 1.54) is 0 Å². The van der Waals surface area contributed by atoms with Gasteiger partial charge in [-0.3, -0.25) is 9.69 Å². The first kappa shape index (κ1) is 27.8. The Morgan fingerprint density at radius 3 is 2.52 bits per heavy atom. The summed E-state index contributed by atoms with van der Waals surface area (Å²) in [6.45, 7) is 5.64. The van der Waals surface area contributed by atoms with E-state index in [2.05, 4.69) is 15.1 Å². The van der Waals surface area contributed by atoms with Crippen molar-refractivity contribution in [1.82, 2.24) is 14.9 Å². The van der Waals surface area contributed by atoms with Crippen molar-refractivity contribution < 1.29 is 14.3 Å². The van der Waals surface area contributed by atoms with E-state index in [1.54, 1.807) is 7.11 Å². The first-order chi connectivity index (χ1) is 19.6. The average molecular weight is 560 g/mol. The van der Waals surface area contributed by atoms with E-state index in [0.29, 0.717) is 23.8 Å². The molecule has 1 aromatic heterocycles. The Kier molecular flexibility index (Phi) is 9.44. The van der Waals surface area contributed by atoms with Crippen molar-refractivity contribution in [1.29, 1.82) is 0 Å². The van der Waals surface area contributed by atoms with Crippen LogP contribution in [0.2, 0.25) is 5.02 Å². The van der Waals surface area contributed by atoms with E-state index >= 15 is 0 Å². The third-order valence-electron chi connectivity index (χ3n) is 6.99. The van der Waals surface area contributed by atoms with Crippen molar-refractivity contribution in [3.63, 3.8) is 0 Å². The number of hydrogen-bond donors (Lipinski definition) is 1. The smallest absolute Gasteiger partial charge is 0.226 e. The molecule has 5 rings (SSSR count). The fourth-order valence-corrected chi connectivity index (χ4v) is 5.05. The van der Waals surface area contributed by atoms with Gasteiger partial charge in [0.05, 0.1) is 30.9 Å². The summed E-state index contributed by atoms with van der Waals surface area (Å²) in [5, 5.41) is 4.54. The number of rotatable bonds is 11. The normalized spacial score (nSPS) is 13.8. The standard InChI is InChI=1S/C31H34ClN5O3/c1-39-24-13-11-23(12-14-24)33-29(38)15-18-37(17-6-16-36-19-21-40-22-20-36)31-26-8-3-5-10-28(26)34-30(35-31)25-7-2-4-9-27(25)32/h2-5,7-14H,6,15-22H2,1H3,(H,33,38). The molecule has 1 fully saturated rings. The minimum Gasteiger partial charge on any atom is -0.497 e. The number of nitrogens with zero attached hydrogens (tertiary/aromatic N) is 4. The zero-order valence-corrected chi connectivity index (χ0v) is 23.4. The minimum atomic E-state index is -0.0620. The largest absolute Gasteiger partial charge is 0.497 e. The van der Waals surface area contributed by atoms with E-state index < -0.39 is 0 Å². The summed E-state index contributed by atoms with van der Waals surface area (Å²) < 4.78 is 10.7. The van der Waals surface area contributed by atoms with Crippen molar-refractivity contribution in [3.05, 3.63) is 77.8 Å². The summed E-state index contributed by atoms with van der Waals surface area (Å²) in [5.41, 5.74) is 2.35. The number of carbonyl (C=O) groups is 1. The van der Waals surface area contributed by atoms with Crippen molar-refractivity contribution in [2.24, 2.45) is 0 Å². The number of anilines is 2. The maximum Gasteiger partial charge on any atom is 0.226 e. The molecular weight excluding hydrogens is 526 g/mol. The van der Waals surface area contributed by atoms with E-state index in [0.717, 1.165) is 79.5 Å². The molecule has 0 atom stereocenters. The Balaban J connectivity index is 1.40. The van der Waals surface area contributed by atoms with E-state index in [-0.39, 0.29) is 5.91 Å². The number of methoxy groups -OCH3 is 1. The van der Waals surface area contributed by atoms with E-state index in [4.69, 9.17) is 31.0 Å². The Bertz CT molecular complexity index is 1430. The second-order valence-electron chi connectivity index (χ2n) is 9.69. The van der Waals surface area contributed by atoms with Gasteiger partial charge in [-0.25, -0.2) is 9.97 Å². The maximum absolute atomic E-state index is 13.0. The molecular formula is C31H34ClN5O3. The van der Waals surface area contributed by atoms with Crippen LogP contribution < -0.4 is 15.0 Å². The summed E-state index contributed by atoms with van der Waals surface area (Å²) in [6.07, 6.45) is 1.24. The van der Waals surface area contributed by atoms with Gasteiger partial charge in [-0.1, -0.05) is 35.9 Å². The molecule has 3 aromatic carbocycles. The number of para-hydroxylation sites is 1. The molecule has 1 amide bonds. The van der Waals surface area contributed by atoms with E-state index in [1.807, 2.05) is 72.8 Å². The van der Waals surface area contributed by atoms with Gasteiger partial charge in [-0.15, -0.1) is 0 Å². The molecule has 0 saturated carbocycles. The molecule has 1 aliphatic rings. The van der Waals surface area contributed by atoms with Crippen LogP contribution in [0.15, 0.2) is 72.8 Å². The maximum atomic E-state index is 13.0. The van der Waals surface area contributed by atoms with Gasteiger partial charge in [0, 0.05) is 55.8 Å². The SMILES string of the molecule is COc1ccc(NC(=O)CCN(CCCN2CCOCC2)c2nc(-c3ccccc3Cl)nc3ccccc23)cc1. The molecule has 0 bridgehead atoms. The number of nitrogens with one attached hydrogen (secondary N) is 1. The number of carbonyl (C=O) groups excluding carboxylic acids is 1. The molecule has 1 N–H and O–H groups in total. The van der Waals surface area contributed by atoms with Crippen LogP contribution in [0.1, 0.15) is 12.8 Å². The van der Waals surface area contributed by atoms with Crippen LogP contribution in [0, 0.1) is 0 Å². The predicted octanol–water partition coefficient (Wildman–Crippen LogP) is 5.52. The highest BCUT2D eigenvalue weighted by molar-refractivity contribution is 6.33.